The van der Waals surface area contributed by atoms with Crippen molar-refractivity contribution in [2.24, 2.45) is 0 Å². The summed E-state index contributed by atoms with van der Waals surface area (Å²) in [6.07, 6.45) is 4.70. The Morgan fingerprint density at radius 1 is 1.19 bits per heavy atom. The van der Waals surface area contributed by atoms with Gasteiger partial charge in [-0.15, -0.1) is 23.7 Å². The number of aromatic nitrogens is 1. The van der Waals surface area contributed by atoms with Crippen molar-refractivity contribution in [3.8, 4) is 11.1 Å². The van der Waals surface area contributed by atoms with E-state index in [4.69, 9.17) is 9.72 Å². The Labute approximate surface area is 163 Å². The van der Waals surface area contributed by atoms with Crippen LogP contribution in [0, 0.1) is 6.92 Å². The third kappa shape index (κ3) is 3.12. The highest BCUT2D eigenvalue weighted by molar-refractivity contribution is 7.19. The predicted octanol–water partition coefficient (Wildman–Crippen LogP) is 5.75. The van der Waals surface area contributed by atoms with Crippen LogP contribution in [0.1, 0.15) is 46.3 Å². The number of pyridine rings is 1. The molecule has 0 bridgehead atoms. The summed E-state index contributed by atoms with van der Waals surface area (Å²) in [6, 6.07) is 10.3. The zero-order chi connectivity index (χ0) is 17.4. The van der Waals surface area contributed by atoms with Crippen LogP contribution in [0.4, 0.5) is 0 Å². The molecule has 0 atom stereocenters. The molecule has 0 saturated carbocycles. The van der Waals surface area contributed by atoms with E-state index >= 15 is 0 Å². The number of benzene rings is 1. The zero-order valence-corrected chi connectivity index (χ0v) is 16.6. The lowest BCUT2D eigenvalue weighted by Crippen LogP contribution is -2.10. The molecule has 0 radical (unpaired) electrons. The Morgan fingerprint density at radius 2 is 1.92 bits per heavy atom. The van der Waals surface area contributed by atoms with Gasteiger partial charge in [-0.05, 0) is 61.8 Å². The van der Waals surface area contributed by atoms with E-state index in [9.17, 15) is 4.79 Å². The number of hydrogen-bond acceptors (Lipinski definition) is 4. The van der Waals surface area contributed by atoms with E-state index in [1.165, 1.54) is 28.7 Å². The minimum absolute atomic E-state index is 0. The fraction of sp³-hybridized carbons (Fsp3) is 0.333. The molecule has 0 amide bonds. The van der Waals surface area contributed by atoms with Gasteiger partial charge in [0.05, 0.1) is 6.61 Å². The molecule has 0 fully saturated rings. The topological polar surface area (TPSA) is 39.2 Å². The number of fused-ring (bicyclic) bond motifs is 3. The van der Waals surface area contributed by atoms with Gasteiger partial charge in [0.15, 0.2) is 5.69 Å². The molecule has 3 aromatic rings. The predicted molar refractivity (Wildman–Crippen MR) is 110 cm³/mol. The van der Waals surface area contributed by atoms with Crippen molar-refractivity contribution in [3.63, 3.8) is 0 Å². The summed E-state index contributed by atoms with van der Waals surface area (Å²) in [4.78, 5) is 19.6. The number of carbonyl (C=O) groups is 1. The molecule has 136 valence electrons. The van der Waals surface area contributed by atoms with Crippen LogP contribution in [0.2, 0.25) is 0 Å². The third-order valence-corrected chi connectivity index (χ3v) is 6.06. The molecule has 5 heteroatoms. The second-order valence-corrected chi connectivity index (χ2v) is 7.52. The first-order valence-electron chi connectivity index (χ1n) is 8.88. The van der Waals surface area contributed by atoms with E-state index in [1.807, 2.05) is 32.0 Å². The molecular weight excluding hydrogens is 366 g/mol. The maximum absolute atomic E-state index is 12.5. The molecule has 3 nitrogen and oxygen atoms in total. The van der Waals surface area contributed by atoms with E-state index in [0.717, 1.165) is 34.4 Å². The molecule has 0 unspecified atom stereocenters. The molecule has 0 spiro atoms. The number of halogens is 1. The Balaban J connectivity index is 0.00000196. The number of hydrogen-bond donors (Lipinski definition) is 0. The number of ether oxygens (including phenoxy) is 1. The molecule has 2 heterocycles. The Hall–Kier alpha value is -1.91. The molecule has 1 aliphatic rings. The van der Waals surface area contributed by atoms with Crippen molar-refractivity contribution < 1.29 is 9.53 Å². The van der Waals surface area contributed by atoms with Crippen LogP contribution < -0.4 is 0 Å². The summed E-state index contributed by atoms with van der Waals surface area (Å²) >= 11 is 1.75. The summed E-state index contributed by atoms with van der Waals surface area (Å²) in [5.41, 5.74) is 5.10. The summed E-state index contributed by atoms with van der Waals surface area (Å²) in [5, 5.41) is 1.25. The second-order valence-electron chi connectivity index (χ2n) is 6.44. The van der Waals surface area contributed by atoms with Crippen molar-refractivity contribution in [2.45, 2.75) is 39.5 Å². The highest BCUT2D eigenvalue weighted by atomic mass is 35.5. The molecule has 2 aromatic heterocycles. The number of carbonyl (C=O) groups excluding carboxylic acids is 1. The van der Waals surface area contributed by atoms with Crippen molar-refractivity contribution in [3.05, 3.63) is 52.0 Å². The summed E-state index contributed by atoms with van der Waals surface area (Å²) in [5.74, 6) is -0.328. The Kier molecular flexibility index (Phi) is 5.64. The fourth-order valence-corrected chi connectivity index (χ4v) is 5.01. The van der Waals surface area contributed by atoms with Gasteiger partial charge in [-0.2, -0.15) is 0 Å². The average molecular weight is 388 g/mol. The number of nitrogens with zero attached hydrogens (tertiary/aromatic N) is 1. The highest BCUT2D eigenvalue weighted by Gasteiger charge is 2.25. The van der Waals surface area contributed by atoms with Crippen molar-refractivity contribution >= 4 is 39.9 Å². The van der Waals surface area contributed by atoms with Gasteiger partial charge in [-0.25, -0.2) is 9.78 Å². The van der Waals surface area contributed by atoms with E-state index in [1.54, 1.807) is 11.3 Å². The minimum Gasteiger partial charge on any atom is -0.461 e. The van der Waals surface area contributed by atoms with Gasteiger partial charge in [-0.3, -0.25) is 0 Å². The van der Waals surface area contributed by atoms with Crippen molar-refractivity contribution in [2.75, 3.05) is 6.61 Å². The molecular formula is C21H22ClNO2S. The van der Waals surface area contributed by atoms with Gasteiger partial charge in [0.2, 0.25) is 0 Å². The van der Waals surface area contributed by atoms with Gasteiger partial charge >= 0.3 is 5.97 Å². The Bertz CT molecular complexity index is 950. The third-order valence-electron chi connectivity index (χ3n) is 4.88. The first kappa shape index (κ1) is 18.9. The van der Waals surface area contributed by atoms with E-state index in [2.05, 4.69) is 12.1 Å². The second kappa shape index (κ2) is 7.77. The van der Waals surface area contributed by atoms with Crippen LogP contribution in [-0.2, 0) is 17.6 Å². The zero-order valence-electron chi connectivity index (χ0n) is 15.0. The Morgan fingerprint density at radius 3 is 2.65 bits per heavy atom. The summed E-state index contributed by atoms with van der Waals surface area (Å²) in [7, 11) is 0. The normalized spacial score (nSPS) is 13.2. The van der Waals surface area contributed by atoms with Crippen LogP contribution in [-0.4, -0.2) is 17.6 Å². The molecule has 0 saturated heterocycles. The molecule has 26 heavy (non-hydrogen) atoms. The molecule has 0 N–H and O–H groups in total. The minimum atomic E-state index is -0.328. The maximum Gasteiger partial charge on any atom is 0.357 e. The average Bonchev–Trinajstić information content (AvgIpc) is 3.00. The molecule has 1 aliphatic carbocycles. The van der Waals surface area contributed by atoms with Gasteiger partial charge < -0.3 is 4.74 Å². The van der Waals surface area contributed by atoms with Crippen LogP contribution >= 0.6 is 23.7 Å². The quantitative estimate of drug-likeness (QED) is 0.537. The largest absolute Gasteiger partial charge is 0.461 e. The first-order chi connectivity index (χ1) is 12.2. The van der Waals surface area contributed by atoms with Crippen LogP contribution in [0.3, 0.4) is 0 Å². The lowest BCUT2D eigenvalue weighted by Gasteiger charge is -2.15. The lowest BCUT2D eigenvalue weighted by molar-refractivity contribution is 0.0519. The summed E-state index contributed by atoms with van der Waals surface area (Å²) < 4.78 is 5.25. The van der Waals surface area contributed by atoms with E-state index < -0.39 is 0 Å². The van der Waals surface area contributed by atoms with Gasteiger partial charge in [-0.1, -0.05) is 30.3 Å². The maximum atomic E-state index is 12.5. The van der Waals surface area contributed by atoms with E-state index in [-0.39, 0.29) is 18.4 Å². The van der Waals surface area contributed by atoms with E-state index in [0.29, 0.717) is 12.3 Å². The van der Waals surface area contributed by atoms with Gasteiger partial charge in [0.1, 0.15) is 4.83 Å². The lowest BCUT2D eigenvalue weighted by atomic mass is 9.90. The number of thiophene rings is 1. The fourth-order valence-electron chi connectivity index (χ4n) is 3.74. The number of aryl methyl sites for hydroxylation is 2. The summed E-state index contributed by atoms with van der Waals surface area (Å²) in [6.45, 7) is 4.18. The van der Waals surface area contributed by atoms with Gasteiger partial charge in [0.25, 0.3) is 0 Å². The first-order valence-corrected chi connectivity index (χ1v) is 9.69. The van der Waals surface area contributed by atoms with Gasteiger partial charge in [0, 0.05) is 10.3 Å². The highest BCUT2D eigenvalue weighted by Crippen LogP contribution is 2.42. The van der Waals surface area contributed by atoms with Crippen LogP contribution in [0.25, 0.3) is 21.3 Å². The number of esters is 1. The molecule has 4 rings (SSSR count). The van der Waals surface area contributed by atoms with Crippen molar-refractivity contribution in [1.82, 2.24) is 4.98 Å². The molecule has 0 aliphatic heterocycles. The van der Waals surface area contributed by atoms with Crippen molar-refractivity contribution in [1.29, 1.82) is 0 Å². The van der Waals surface area contributed by atoms with Crippen LogP contribution in [0.15, 0.2) is 30.3 Å². The molecule has 1 aromatic carbocycles. The smallest absolute Gasteiger partial charge is 0.357 e. The monoisotopic (exact) mass is 387 g/mol. The SMILES string of the molecule is CCOC(=O)c1nc2sc3c(c2c(-c2ccccc2)c1C)CCCC3.Cl. The van der Waals surface area contributed by atoms with Crippen LogP contribution in [0.5, 0.6) is 0 Å². The standard InChI is InChI=1S/C21H21NO2S.ClH/c1-3-24-21(23)19-13(2)17(14-9-5-4-6-10-14)18-15-11-7-8-12-16(15)25-20(18)22-19;/h4-6,9-10H,3,7-8,11-12H2,1-2H3;1H. The number of rotatable bonds is 3.